The van der Waals surface area contributed by atoms with Gasteiger partial charge in [0.1, 0.15) is 12.4 Å². The van der Waals surface area contributed by atoms with Crippen molar-refractivity contribution in [1.82, 2.24) is 10.2 Å². The van der Waals surface area contributed by atoms with Gasteiger partial charge in [0.15, 0.2) is 11.5 Å². The van der Waals surface area contributed by atoms with Gasteiger partial charge in [-0.15, -0.1) is 0 Å². The maximum absolute atomic E-state index is 13.5. The predicted molar refractivity (Wildman–Crippen MR) is 116 cm³/mol. The first-order chi connectivity index (χ1) is 14.7. The number of rotatable bonds is 7. The Bertz CT molecular complexity index is 941. The van der Waals surface area contributed by atoms with Crippen molar-refractivity contribution in [3.63, 3.8) is 0 Å². The van der Waals surface area contributed by atoms with Crippen molar-refractivity contribution in [2.75, 3.05) is 33.3 Å². The van der Waals surface area contributed by atoms with Crippen LogP contribution >= 0.6 is 0 Å². The van der Waals surface area contributed by atoms with Gasteiger partial charge >= 0.3 is 0 Å². The van der Waals surface area contributed by atoms with Crippen LogP contribution in [-0.2, 0) is 6.61 Å². The molecule has 0 saturated carbocycles. The molecule has 3 aromatic rings. The summed E-state index contributed by atoms with van der Waals surface area (Å²) in [6.07, 6.45) is 0. The molecule has 0 bridgehead atoms. The Morgan fingerprint density at radius 2 is 1.60 bits per heavy atom. The Morgan fingerprint density at radius 1 is 0.900 bits per heavy atom. The number of nitrogens with zero attached hydrogens (tertiary/aromatic N) is 1. The molecule has 1 aliphatic rings. The summed E-state index contributed by atoms with van der Waals surface area (Å²) in [6, 6.07) is 23.0. The lowest BCUT2D eigenvalue weighted by atomic mass is 9.96. The molecular weight excluding hydrogens is 379 g/mol. The largest absolute Gasteiger partial charge is 0.493 e. The molecule has 0 aliphatic carbocycles. The molecule has 1 aliphatic heterocycles. The molecule has 0 radical (unpaired) electrons. The number of benzene rings is 3. The van der Waals surface area contributed by atoms with Crippen molar-refractivity contribution >= 4 is 0 Å². The Labute approximate surface area is 177 Å². The summed E-state index contributed by atoms with van der Waals surface area (Å²) in [5.74, 6) is 1.19. The number of piperazine rings is 1. The van der Waals surface area contributed by atoms with Gasteiger partial charge < -0.3 is 14.8 Å². The van der Waals surface area contributed by atoms with E-state index >= 15 is 0 Å². The lowest BCUT2D eigenvalue weighted by Crippen LogP contribution is -2.45. The normalized spacial score (nSPS) is 15.5. The Kier molecular flexibility index (Phi) is 6.62. The number of halogens is 1. The highest BCUT2D eigenvalue weighted by Gasteiger charge is 2.25. The third-order valence-electron chi connectivity index (χ3n) is 5.44. The molecule has 5 heteroatoms. The lowest BCUT2D eigenvalue weighted by Gasteiger charge is -2.35. The number of hydrogen-bond donors (Lipinski definition) is 1. The average molecular weight is 407 g/mol. The molecule has 0 amide bonds. The molecule has 156 valence electrons. The predicted octanol–water partition coefficient (Wildman–Crippen LogP) is 4.41. The molecule has 1 atom stereocenters. The third-order valence-corrected chi connectivity index (χ3v) is 5.44. The summed E-state index contributed by atoms with van der Waals surface area (Å²) in [6.45, 7) is 4.21. The first kappa shape index (κ1) is 20.4. The summed E-state index contributed by atoms with van der Waals surface area (Å²) in [5, 5.41) is 3.40. The zero-order chi connectivity index (χ0) is 20.8. The van der Waals surface area contributed by atoms with Crippen LogP contribution in [0.2, 0.25) is 0 Å². The third kappa shape index (κ3) is 4.81. The molecule has 4 rings (SSSR count). The van der Waals surface area contributed by atoms with Crippen molar-refractivity contribution in [2.45, 2.75) is 12.6 Å². The fourth-order valence-electron chi connectivity index (χ4n) is 3.91. The molecule has 1 fully saturated rings. The van der Waals surface area contributed by atoms with Crippen molar-refractivity contribution in [3.8, 4) is 11.5 Å². The smallest absolute Gasteiger partial charge is 0.161 e. The highest BCUT2D eigenvalue weighted by molar-refractivity contribution is 5.46. The van der Waals surface area contributed by atoms with E-state index in [1.165, 1.54) is 12.1 Å². The van der Waals surface area contributed by atoms with E-state index in [1.807, 2.05) is 54.6 Å². The van der Waals surface area contributed by atoms with Crippen molar-refractivity contribution in [3.05, 3.63) is 95.3 Å². The zero-order valence-electron chi connectivity index (χ0n) is 17.2. The van der Waals surface area contributed by atoms with Crippen molar-refractivity contribution in [2.24, 2.45) is 0 Å². The number of methoxy groups -OCH3 is 1. The monoisotopic (exact) mass is 406 g/mol. The zero-order valence-corrected chi connectivity index (χ0v) is 17.2. The Hall–Kier alpha value is -2.89. The summed E-state index contributed by atoms with van der Waals surface area (Å²) < 4.78 is 25.2. The highest BCUT2D eigenvalue weighted by Crippen LogP contribution is 2.36. The summed E-state index contributed by atoms with van der Waals surface area (Å²) >= 11 is 0. The van der Waals surface area contributed by atoms with Crippen LogP contribution in [0.1, 0.15) is 22.7 Å². The maximum atomic E-state index is 13.5. The molecule has 1 heterocycles. The Balaban J connectivity index is 1.62. The SMILES string of the molecule is COc1cc(C(c2ccc(F)cc2)N2CCNCC2)ccc1OCc1ccccc1. The van der Waals surface area contributed by atoms with Gasteiger partial charge in [-0.25, -0.2) is 4.39 Å². The topological polar surface area (TPSA) is 33.7 Å². The minimum absolute atomic E-state index is 0.0322. The fourth-order valence-corrected chi connectivity index (χ4v) is 3.91. The van der Waals surface area contributed by atoms with Gasteiger partial charge in [-0.1, -0.05) is 48.5 Å². The van der Waals surface area contributed by atoms with Gasteiger partial charge in [0.05, 0.1) is 13.2 Å². The van der Waals surface area contributed by atoms with Crippen LogP contribution in [0.3, 0.4) is 0 Å². The molecule has 1 unspecified atom stereocenters. The summed E-state index contributed by atoms with van der Waals surface area (Å²) in [4.78, 5) is 2.42. The van der Waals surface area contributed by atoms with Crippen LogP contribution < -0.4 is 14.8 Å². The molecule has 4 nitrogen and oxygen atoms in total. The second kappa shape index (κ2) is 9.74. The van der Waals surface area contributed by atoms with Crippen LogP contribution in [0.25, 0.3) is 0 Å². The van der Waals surface area contributed by atoms with E-state index < -0.39 is 0 Å². The van der Waals surface area contributed by atoms with Gasteiger partial charge in [0, 0.05) is 26.2 Å². The first-order valence-corrected chi connectivity index (χ1v) is 10.3. The van der Waals surface area contributed by atoms with E-state index in [1.54, 1.807) is 7.11 Å². The molecule has 0 spiro atoms. The second-order valence-electron chi connectivity index (χ2n) is 7.42. The molecule has 0 aromatic heterocycles. The summed E-state index contributed by atoms with van der Waals surface area (Å²) in [5.41, 5.74) is 3.28. The van der Waals surface area contributed by atoms with Gasteiger partial charge in [-0.3, -0.25) is 4.90 Å². The van der Waals surface area contributed by atoms with E-state index in [4.69, 9.17) is 9.47 Å². The van der Waals surface area contributed by atoms with E-state index in [9.17, 15) is 4.39 Å². The van der Waals surface area contributed by atoms with Crippen LogP contribution in [-0.4, -0.2) is 38.2 Å². The van der Waals surface area contributed by atoms with Crippen molar-refractivity contribution < 1.29 is 13.9 Å². The molecular formula is C25H27FN2O2. The highest BCUT2D eigenvalue weighted by atomic mass is 19.1. The van der Waals surface area contributed by atoms with E-state index in [0.29, 0.717) is 18.1 Å². The molecule has 30 heavy (non-hydrogen) atoms. The number of nitrogens with one attached hydrogen (secondary N) is 1. The quantitative estimate of drug-likeness (QED) is 0.630. The lowest BCUT2D eigenvalue weighted by molar-refractivity contribution is 0.198. The fraction of sp³-hybridized carbons (Fsp3) is 0.280. The van der Waals surface area contributed by atoms with E-state index in [-0.39, 0.29) is 11.9 Å². The second-order valence-corrected chi connectivity index (χ2v) is 7.42. The number of hydrogen-bond acceptors (Lipinski definition) is 4. The summed E-state index contributed by atoms with van der Waals surface area (Å²) in [7, 11) is 1.66. The Morgan fingerprint density at radius 3 is 2.30 bits per heavy atom. The van der Waals surface area contributed by atoms with Gasteiger partial charge in [-0.05, 0) is 41.0 Å². The van der Waals surface area contributed by atoms with Crippen LogP contribution in [0.4, 0.5) is 4.39 Å². The van der Waals surface area contributed by atoms with Crippen molar-refractivity contribution in [1.29, 1.82) is 0 Å². The number of ether oxygens (including phenoxy) is 2. The maximum Gasteiger partial charge on any atom is 0.161 e. The molecule has 3 aromatic carbocycles. The van der Waals surface area contributed by atoms with E-state index in [0.717, 1.165) is 42.9 Å². The van der Waals surface area contributed by atoms with E-state index in [2.05, 4.69) is 16.3 Å². The van der Waals surface area contributed by atoms with Gasteiger partial charge in [-0.2, -0.15) is 0 Å². The molecule has 1 saturated heterocycles. The van der Waals surface area contributed by atoms with Crippen LogP contribution in [0.15, 0.2) is 72.8 Å². The van der Waals surface area contributed by atoms with Gasteiger partial charge in [0.2, 0.25) is 0 Å². The van der Waals surface area contributed by atoms with Crippen LogP contribution in [0.5, 0.6) is 11.5 Å². The van der Waals surface area contributed by atoms with Gasteiger partial charge in [0.25, 0.3) is 0 Å². The first-order valence-electron chi connectivity index (χ1n) is 10.3. The average Bonchev–Trinajstić information content (AvgIpc) is 2.81. The minimum Gasteiger partial charge on any atom is -0.493 e. The minimum atomic E-state index is -0.222. The van der Waals surface area contributed by atoms with Crippen LogP contribution in [0, 0.1) is 5.82 Å². The standard InChI is InChI=1S/C25H27FN2O2/c1-29-24-17-21(9-12-23(24)30-18-19-5-3-2-4-6-19)25(28-15-13-27-14-16-28)20-7-10-22(26)11-8-20/h2-12,17,25,27H,13-16,18H2,1H3. The molecule has 1 N–H and O–H groups in total.